The van der Waals surface area contributed by atoms with Crippen LogP contribution in [0.15, 0.2) is 0 Å². The van der Waals surface area contributed by atoms with Crippen LogP contribution < -0.4 is 10.6 Å². The third kappa shape index (κ3) is 2.76. The van der Waals surface area contributed by atoms with Crippen LogP contribution in [0, 0.1) is 6.92 Å². The van der Waals surface area contributed by atoms with Crippen LogP contribution in [0.3, 0.4) is 0 Å². The molecule has 0 bridgehead atoms. The maximum Gasteiger partial charge on any atom is 0.131 e. The van der Waals surface area contributed by atoms with Crippen molar-refractivity contribution in [2.75, 3.05) is 18.5 Å². The van der Waals surface area contributed by atoms with Gasteiger partial charge in [-0.05, 0) is 13.3 Å². The summed E-state index contributed by atoms with van der Waals surface area (Å²) >= 11 is 0. The molecule has 2 N–H and O–H groups in total. The van der Waals surface area contributed by atoms with E-state index < -0.39 is 0 Å². The van der Waals surface area contributed by atoms with E-state index in [1.165, 1.54) is 24.8 Å². The Hall–Kier alpha value is -1.03. The molecule has 0 amide bonds. The number of aryl methyl sites for hydroxylation is 2. The van der Waals surface area contributed by atoms with Crippen LogP contribution in [0.2, 0.25) is 0 Å². The van der Waals surface area contributed by atoms with Crippen molar-refractivity contribution < 1.29 is 0 Å². The average molecular weight is 224 g/mol. The molecule has 92 valence electrons. The predicted octanol–water partition coefficient (Wildman–Crippen LogP) is 1.81. The van der Waals surface area contributed by atoms with E-state index in [1.807, 2.05) is 18.7 Å². The Kier molecular flexibility index (Phi) is 4.80. The fourth-order valence-corrected chi connectivity index (χ4v) is 2.11. The monoisotopic (exact) mass is 224 g/mol. The number of anilines is 1. The van der Waals surface area contributed by atoms with Gasteiger partial charge < -0.3 is 10.6 Å². The molecule has 16 heavy (non-hydrogen) atoms. The van der Waals surface area contributed by atoms with Gasteiger partial charge in [-0.15, -0.1) is 0 Å². The summed E-state index contributed by atoms with van der Waals surface area (Å²) in [6.07, 6.45) is 3.75. The Morgan fingerprint density at radius 3 is 2.62 bits per heavy atom. The standard InChI is InChI=1S/C12H24N4/c1-5-6-7-8-15(3)12-11(9-13)10(2)14-16(12)4/h5-9,13H2,1-4H3. The van der Waals surface area contributed by atoms with Gasteiger partial charge in [0.25, 0.3) is 0 Å². The highest BCUT2D eigenvalue weighted by Gasteiger charge is 2.14. The van der Waals surface area contributed by atoms with Gasteiger partial charge in [-0.2, -0.15) is 5.10 Å². The fraction of sp³-hybridized carbons (Fsp3) is 0.750. The topological polar surface area (TPSA) is 47.1 Å². The van der Waals surface area contributed by atoms with Crippen LogP contribution in [0.5, 0.6) is 0 Å². The summed E-state index contributed by atoms with van der Waals surface area (Å²) in [6.45, 7) is 5.87. The number of hydrogen-bond donors (Lipinski definition) is 1. The molecule has 0 saturated heterocycles. The van der Waals surface area contributed by atoms with Crippen molar-refractivity contribution in [2.24, 2.45) is 12.8 Å². The van der Waals surface area contributed by atoms with Gasteiger partial charge in [0, 0.05) is 32.7 Å². The minimum absolute atomic E-state index is 0.563. The molecule has 0 aliphatic rings. The molecule has 0 unspecified atom stereocenters. The average Bonchev–Trinajstić information content (AvgIpc) is 2.53. The van der Waals surface area contributed by atoms with Gasteiger partial charge in [-0.1, -0.05) is 19.8 Å². The third-order valence-corrected chi connectivity index (χ3v) is 2.98. The maximum absolute atomic E-state index is 5.78. The molecule has 0 saturated carbocycles. The molecule has 1 aromatic rings. The molecule has 0 aliphatic heterocycles. The summed E-state index contributed by atoms with van der Waals surface area (Å²) < 4.78 is 1.93. The highest BCUT2D eigenvalue weighted by Crippen LogP contribution is 2.21. The Labute approximate surface area is 98.4 Å². The zero-order valence-electron chi connectivity index (χ0n) is 11.0. The van der Waals surface area contributed by atoms with E-state index in [-0.39, 0.29) is 0 Å². The second-order valence-corrected chi connectivity index (χ2v) is 4.34. The lowest BCUT2D eigenvalue weighted by Gasteiger charge is -2.20. The first-order valence-corrected chi connectivity index (χ1v) is 6.05. The molecule has 1 aromatic heterocycles. The molecule has 0 spiro atoms. The molecular weight excluding hydrogens is 200 g/mol. The van der Waals surface area contributed by atoms with Crippen LogP contribution >= 0.6 is 0 Å². The van der Waals surface area contributed by atoms with E-state index in [1.54, 1.807) is 0 Å². The van der Waals surface area contributed by atoms with E-state index in [2.05, 4.69) is 24.0 Å². The van der Waals surface area contributed by atoms with Gasteiger partial charge in [0.15, 0.2) is 0 Å². The van der Waals surface area contributed by atoms with E-state index in [9.17, 15) is 0 Å². The SMILES string of the molecule is CCCCCN(C)c1c(CN)c(C)nn1C. The molecule has 1 heterocycles. The van der Waals surface area contributed by atoms with Gasteiger partial charge >= 0.3 is 0 Å². The zero-order valence-corrected chi connectivity index (χ0v) is 11.0. The summed E-state index contributed by atoms with van der Waals surface area (Å²) in [7, 11) is 4.10. The van der Waals surface area contributed by atoms with Crippen molar-refractivity contribution in [1.29, 1.82) is 0 Å². The van der Waals surface area contributed by atoms with E-state index >= 15 is 0 Å². The number of unbranched alkanes of at least 4 members (excludes halogenated alkanes) is 2. The molecule has 0 atom stereocenters. The Morgan fingerprint density at radius 2 is 2.06 bits per heavy atom. The van der Waals surface area contributed by atoms with E-state index in [4.69, 9.17) is 5.73 Å². The van der Waals surface area contributed by atoms with Crippen LogP contribution in [-0.4, -0.2) is 23.4 Å². The number of nitrogens with zero attached hydrogens (tertiary/aromatic N) is 3. The van der Waals surface area contributed by atoms with Crippen molar-refractivity contribution in [3.05, 3.63) is 11.3 Å². The summed E-state index contributed by atoms with van der Waals surface area (Å²) in [5.41, 5.74) is 7.99. The predicted molar refractivity (Wildman–Crippen MR) is 68.6 cm³/mol. The summed E-state index contributed by atoms with van der Waals surface area (Å²) in [6, 6.07) is 0. The lowest BCUT2D eigenvalue weighted by atomic mass is 10.2. The maximum atomic E-state index is 5.78. The van der Waals surface area contributed by atoms with E-state index in [0.717, 1.165) is 18.1 Å². The summed E-state index contributed by atoms with van der Waals surface area (Å²) in [5.74, 6) is 1.16. The van der Waals surface area contributed by atoms with Gasteiger partial charge in [0.1, 0.15) is 5.82 Å². The lowest BCUT2D eigenvalue weighted by Crippen LogP contribution is -2.23. The zero-order chi connectivity index (χ0) is 12.1. The smallest absolute Gasteiger partial charge is 0.131 e. The number of rotatable bonds is 6. The van der Waals surface area contributed by atoms with Gasteiger partial charge in [-0.25, -0.2) is 0 Å². The Balaban J connectivity index is 2.77. The highest BCUT2D eigenvalue weighted by molar-refractivity contribution is 5.49. The van der Waals surface area contributed by atoms with Crippen LogP contribution in [-0.2, 0) is 13.6 Å². The first-order valence-electron chi connectivity index (χ1n) is 6.05. The highest BCUT2D eigenvalue weighted by atomic mass is 15.4. The minimum atomic E-state index is 0.563. The Morgan fingerprint density at radius 1 is 1.38 bits per heavy atom. The lowest BCUT2D eigenvalue weighted by molar-refractivity contribution is 0.674. The third-order valence-electron chi connectivity index (χ3n) is 2.98. The largest absolute Gasteiger partial charge is 0.360 e. The van der Waals surface area contributed by atoms with Gasteiger partial charge in [0.05, 0.1) is 5.69 Å². The van der Waals surface area contributed by atoms with Crippen molar-refractivity contribution in [3.8, 4) is 0 Å². The molecule has 4 nitrogen and oxygen atoms in total. The first kappa shape index (κ1) is 13.0. The molecule has 0 fully saturated rings. The second-order valence-electron chi connectivity index (χ2n) is 4.34. The molecular formula is C12H24N4. The van der Waals surface area contributed by atoms with Crippen LogP contribution in [0.4, 0.5) is 5.82 Å². The number of hydrogen-bond acceptors (Lipinski definition) is 3. The number of aromatic nitrogens is 2. The van der Waals surface area contributed by atoms with Crippen LogP contribution in [0.1, 0.15) is 37.4 Å². The molecule has 4 heteroatoms. The quantitative estimate of drug-likeness (QED) is 0.750. The molecule has 1 rings (SSSR count). The fourth-order valence-electron chi connectivity index (χ4n) is 2.11. The summed E-state index contributed by atoms with van der Waals surface area (Å²) in [4.78, 5) is 2.26. The van der Waals surface area contributed by atoms with Gasteiger partial charge in [0.2, 0.25) is 0 Å². The Bertz CT molecular complexity index is 330. The number of nitrogens with two attached hydrogens (primary N) is 1. The normalized spacial score (nSPS) is 10.8. The van der Waals surface area contributed by atoms with Crippen molar-refractivity contribution in [1.82, 2.24) is 9.78 Å². The molecule has 0 aromatic carbocycles. The summed E-state index contributed by atoms with van der Waals surface area (Å²) in [5, 5.41) is 4.43. The van der Waals surface area contributed by atoms with Gasteiger partial charge in [-0.3, -0.25) is 4.68 Å². The first-order chi connectivity index (χ1) is 7.61. The van der Waals surface area contributed by atoms with Crippen molar-refractivity contribution >= 4 is 5.82 Å². The minimum Gasteiger partial charge on any atom is -0.360 e. The van der Waals surface area contributed by atoms with Crippen molar-refractivity contribution in [3.63, 3.8) is 0 Å². The van der Waals surface area contributed by atoms with Crippen molar-refractivity contribution in [2.45, 2.75) is 39.7 Å². The second kappa shape index (κ2) is 5.89. The molecule has 0 aliphatic carbocycles. The van der Waals surface area contributed by atoms with E-state index in [0.29, 0.717) is 6.54 Å². The molecule has 0 radical (unpaired) electrons. The van der Waals surface area contributed by atoms with Crippen LogP contribution in [0.25, 0.3) is 0 Å².